The van der Waals surface area contributed by atoms with Crippen LogP contribution in [0, 0.1) is 0 Å². The molecule has 0 saturated carbocycles. The van der Waals surface area contributed by atoms with E-state index >= 15 is 0 Å². The summed E-state index contributed by atoms with van der Waals surface area (Å²) in [6.45, 7) is 3.33. The van der Waals surface area contributed by atoms with Crippen LogP contribution < -0.4 is 11.1 Å². The molecule has 18 heavy (non-hydrogen) atoms. The second-order valence-corrected chi connectivity index (χ2v) is 4.51. The van der Waals surface area contributed by atoms with Gasteiger partial charge in [-0.3, -0.25) is 4.79 Å². The molecule has 0 radical (unpaired) electrons. The second-order valence-electron chi connectivity index (χ2n) is 4.51. The molecule has 0 fully saturated rings. The fourth-order valence-electron chi connectivity index (χ4n) is 1.43. The highest BCUT2D eigenvalue weighted by Gasteiger charge is 2.18. The summed E-state index contributed by atoms with van der Waals surface area (Å²) in [4.78, 5) is 11.7. The van der Waals surface area contributed by atoms with Crippen molar-refractivity contribution in [2.75, 3.05) is 0 Å². The van der Waals surface area contributed by atoms with Gasteiger partial charge < -0.3 is 21.3 Å². The summed E-state index contributed by atoms with van der Waals surface area (Å²) in [7, 11) is 0. The van der Waals surface area contributed by atoms with Crippen LogP contribution in [0.1, 0.15) is 19.4 Å². The molecule has 0 aromatic heterocycles. The van der Waals surface area contributed by atoms with Crippen LogP contribution in [-0.4, -0.2) is 34.3 Å². The number of carbonyl (C=O) groups excluding carboxylic acids is 1. The topological polar surface area (TPSA) is 95.6 Å². The maximum Gasteiger partial charge on any atom is 0.237 e. The highest BCUT2D eigenvalue weighted by atomic mass is 16.3. The van der Waals surface area contributed by atoms with Crippen LogP contribution in [0.25, 0.3) is 0 Å². The van der Waals surface area contributed by atoms with Crippen molar-refractivity contribution in [3.8, 4) is 5.75 Å². The van der Waals surface area contributed by atoms with Crippen molar-refractivity contribution in [3.05, 3.63) is 29.8 Å². The van der Waals surface area contributed by atoms with Crippen molar-refractivity contribution >= 4 is 5.91 Å². The van der Waals surface area contributed by atoms with Crippen molar-refractivity contribution in [3.63, 3.8) is 0 Å². The molecule has 5 nitrogen and oxygen atoms in total. The average Bonchev–Trinajstić information content (AvgIpc) is 2.31. The Morgan fingerprint density at radius 2 is 1.89 bits per heavy atom. The third-order valence-corrected chi connectivity index (χ3v) is 2.82. The molecular formula is C13H20N2O3. The van der Waals surface area contributed by atoms with Gasteiger partial charge in [0.25, 0.3) is 0 Å². The van der Waals surface area contributed by atoms with Crippen molar-refractivity contribution in [1.82, 2.24) is 5.32 Å². The lowest BCUT2D eigenvalue weighted by Crippen LogP contribution is -2.48. The smallest absolute Gasteiger partial charge is 0.237 e. The number of amides is 1. The number of aliphatic hydroxyl groups excluding tert-OH is 1. The van der Waals surface area contributed by atoms with E-state index in [0.717, 1.165) is 5.56 Å². The minimum Gasteiger partial charge on any atom is -0.508 e. The third kappa shape index (κ3) is 4.35. The molecule has 1 rings (SSSR count). The van der Waals surface area contributed by atoms with Gasteiger partial charge in [-0.1, -0.05) is 12.1 Å². The van der Waals surface area contributed by atoms with Crippen LogP contribution in [0.15, 0.2) is 24.3 Å². The number of hydrogen-bond donors (Lipinski definition) is 4. The van der Waals surface area contributed by atoms with Crippen LogP contribution in [0.4, 0.5) is 0 Å². The number of rotatable bonds is 5. The number of nitrogens with one attached hydrogen (secondary N) is 1. The fourth-order valence-corrected chi connectivity index (χ4v) is 1.43. The Balaban J connectivity index is 2.52. The van der Waals surface area contributed by atoms with Crippen molar-refractivity contribution < 1.29 is 15.0 Å². The van der Waals surface area contributed by atoms with E-state index in [1.54, 1.807) is 38.1 Å². The number of aliphatic hydroxyl groups is 1. The zero-order chi connectivity index (χ0) is 13.7. The van der Waals surface area contributed by atoms with E-state index in [9.17, 15) is 9.90 Å². The number of hydrogen-bond acceptors (Lipinski definition) is 4. The minimum atomic E-state index is -0.671. The van der Waals surface area contributed by atoms with E-state index in [2.05, 4.69) is 5.32 Å². The molecule has 0 aliphatic heterocycles. The zero-order valence-corrected chi connectivity index (χ0v) is 10.6. The van der Waals surface area contributed by atoms with Gasteiger partial charge in [0, 0.05) is 0 Å². The van der Waals surface area contributed by atoms with Gasteiger partial charge in [-0.2, -0.15) is 0 Å². The van der Waals surface area contributed by atoms with E-state index in [0.29, 0.717) is 6.42 Å². The standard InChI is InChI=1S/C13H20N2O3/c1-8(9(2)16)15-13(18)12(14)7-10-3-5-11(17)6-4-10/h3-6,8-9,12,16-17H,7,14H2,1-2H3,(H,15,18). The summed E-state index contributed by atoms with van der Waals surface area (Å²) in [6.07, 6.45) is -0.228. The first kappa shape index (κ1) is 14.5. The predicted octanol–water partition coefficient (Wildman–Crippen LogP) is 0.147. The summed E-state index contributed by atoms with van der Waals surface area (Å²) < 4.78 is 0. The molecule has 0 spiro atoms. The first-order valence-electron chi connectivity index (χ1n) is 5.92. The average molecular weight is 252 g/mol. The van der Waals surface area contributed by atoms with E-state index in [4.69, 9.17) is 10.8 Å². The van der Waals surface area contributed by atoms with Crippen LogP contribution in [0.2, 0.25) is 0 Å². The molecule has 100 valence electrons. The molecular weight excluding hydrogens is 232 g/mol. The quantitative estimate of drug-likeness (QED) is 0.600. The van der Waals surface area contributed by atoms with Gasteiger partial charge in [0.1, 0.15) is 5.75 Å². The SMILES string of the molecule is CC(O)C(C)NC(=O)C(N)Cc1ccc(O)cc1. The van der Waals surface area contributed by atoms with E-state index in [1.165, 1.54) is 0 Å². The van der Waals surface area contributed by atoms with Gasteiger partial charge in [0.15, 0.2) is 0 Å². The Bertz CT molecular complexity index is 390. The normalized spacial score (nSPS) is 15.8. The maximum atomic E-state index is 11.7. The molecule has 3 unspecified atom stereocenters. The summed E-state index contributed by atoms with van der Waals surface area (Å²) in [5.41, 5.74) is 6.65. The molecule has 1 aromatic rings. The highest BCUT2D eigenvalue weighted by molar-refractivity contribution is 5.82. The second kappa shape index (κ2) is 6.37. The molecule has 0 aliphatic rings. The van der Waals surface area contributed by atoms with Crippen molar-refractivity contribution in [2.24, 2.45) is 5.73 Å². The Kier molecular flexibility index (Phi) is 5.12. The summed E-state index contributed by atoms with van der Waals surface area (Å²) in [5.74, 6) is -0.115. The third-order valence-electron chi connectivity index (χ3n) is 2.82. The van der Waals surface area contributed by atoms with Crippen LogP contribution in [0.5, 0.6) is 5.75 Å². The van der Waals surface area contributed by atoms with E-state index in [-0.39, 0.29) is 17.7 Å². The first-order chi connectivity index (χ1) is 8.40. The van der Waals surface area contributed by atoms with E-state index in [1.807, 2.05) is 0 Å². The minimum absolute atomic E-state index is 0.180. The fraction of sp³-hybridized carbons (Fsp3) is 0.462. The largest absolute Gasteiger partial charge is 0.508 e. The van der Waals surface area contributed by atoms with Crippen LogP contribution in [0.3, 0.4) is 0 Å². The van der Waals surface area contributed by atoms with Gasteiger partial charge >= 0.3 is 0 Å². The van der Waals surface area contributed by atoms with Crippen LogP contribution >= 0.6 is 0 Å². The van der Waals surface area contributed by atoms with Gasteiger partial charge in [-0.05, 0) is 38.0 Å². The Morgan fingerprint density at radius 1 is 1.33 bits per heavy atom. The number of benzene rings is 1. The number of nitrogens with two attached hydrogens (primary N) is 1. The summed E-state index contributed by atoms with van der Waals surface area (Å²) in [6, 6.07) is 5.55. The molecule has 1 amide bonds. The molecule has 0 bridgehead atoms. The Morgan fingerprint density at radius 3 is 2.39 bits per heavy atom. The lowest BCUT2D eigenvalue weighted by molar-refractivity contribution is -0.123. The van der Waals surface area contributed by atoms with E-state index < -0.39 is 12.1 Å². The monoisotopic (exact) mass is 252 g/mol. The Labute approximate surface area is 107 Å². The lowest BCUT2D eigenvalue weighted by Gasteiger charge is -2.19. The molecule has 3 atom stereocenters. The predicted molar refractivity (Wildman–Crippen MR) is 69.1 cm³/mol. The van der Waals surface area contributed by atoms with Gasteiger partial charge in [-0.15, -0.1) is 0 Å². The number of carbonyl (C=O) groups is 1. The first-order valence-corrected chi connectivity index (χ1v) is 5.92. The van der Waals surface area contributed by atoms with Crippen molar-refractivity contribution in [2.45, 2.75) is 38.5 Å². The van der Waals surface area contributed by atoms with Crippen molar-refractivity contribution in [1.29, 1.82) is 0 Å². The number of phenols is 1. The van der Waals surface area contributed by atoms with Gasteiger partial charge in [-0.25, -0.2) is 0 Å². The zero-order valence-electron chi connectivity index (χ0n) is 10.6. The molecule has 0 heterocycles. The number of phenolic OH excluding ortho intramolecular Hbond substituents is 1. The summed E-state index contributed by atoms with van der Waals surface area (Å²) >= 11 is 0. The lowest BCUT2D eigenvalue weighted by atomic mass is 10.1. The molecule has 0 aliphatic carbocycles. The molecule has 5 heteroatoms. The van der Waals surface area contributed by atoms with Gasteiger partial charge in [0.05, 0.1) is 18.2 Å². The molecule has 0 saturated heterocycles. The maximum absolute atomic E-state index is 11.7. The highest BCUT2D eigenvalue weighted by Crippen LogP contribution is 2.10. The Hall–Kier alpha value is -1.59. The molecule has 1 aromatic carbocycles. The van der Waals surface area contributed by atoms with Crippen LogP contribution in [-0.2, 0) is 11.2 Å². The van der Waals surface area contributed by atoms with Gasteiger partial charge in [0.2, 0.25) is 5.91 Å². The summed E-state index contributed by atoms with van der Waals surface area (Å²) in [5, 5.41) is 21.1. The molecule has 5 N–H and O–H groups in total. The number of aromatic hydroxyl groups is 1.